The molecule has 0 saturated carbocycles. The van der Waals surface area contributed by atoms with E-state index >= 15 is 0 Å². The molecule has 2 N–H and O–H groups in total. The van der Waals surface area contributed by atoms with Gasteiger partial charge in [-0.15, -0.1) is 0 Å². The van der Waals surface area contributed by atoms with E-state index in [0.29, 0.717) is 0 Å². The van der Waals surface area contributed by atoms with E-state index in [1.807, 2.05) is 0 Å². The minimum absolute atomic E-state index is 0.758. The first-order valence-corrected chi connectivity index (χ1v) is 7.99. The lowest BCUT2D eigenvalue weighted by Gasteiger charge is -2.47. The van der Waals surface area contributed by atoms with Crippen molar-refractivity contribution in [3.05, 3.63) is 0 Å². The summed E-state index contributed by atoms with van der Waals surface area (Å²) in [5.41, 5.74) is 5.53. The lowest BCUT2D eigenvalue weighted by Crippen LogP contribution is -2.58. The Morgan fingerprint density at radius 1 is 1.06 bits per heavy atom. The van der Waals surface area contributed by atoms with Crippen LogP contribution in [0.25, 0.3) is 0 Å². The van der Waals surface area contributed by atoms with Crippen LogP contribution in [-0.4, -0.2) is 54.6 Å². The summed E-state index contributed by atoms with van der Waals surface area (Å²) in [5, 5.41) is 0. The number of rotatable bonds is 6. The van der Waals surface area contributed by atoms with Crippen molar-refractivity contribution in [1.82, 2.24) is 9.80 Å². The van der Waals surface area contributed by atoms with Gasteiger partial charge in [0.05, 0.1) is 0 Å². The highest BCUT2D eigenvalue weighted by atomic mass is 15.3. The van der Waals surface area contributed by atoms with Crippen LogP contribution in [0, 0.1) is 0 Å². The predicted molar refractivity (Wildman–Crippen MR) is 77.8 cm³/mol. The van der Waals surface area contributed by atoms with Gasteiger partial charge in [0.15, 0.2) is 0 Å². The van der Waals surface area contributed by atoms with Gasteiger partial charge in [-0.3, -0.25) is 9.80 Å². The van der Waals surface area contributed by atoms with E-state index < -0.39 is 0 Å². The van der Waals surface area contributed by atoms with Crippen LogP contribution in [0.4, 0.5) is 0 Å². The van der Waals surface area contributed by atoms with Gasteiger partial charge in [0, 0.05) is 25.2 Å². The first-order valence-electron chi connectivity index (χ1n) is 7.99. The number of nitrogens with zero attached hydrogens (tertiary/aromatic N) is 2. The number of unbranched alkanes of at least 4 members (excludes halogenated alkanes) is 3. The molecule has 0 amide bonds. The molecule has 0 radical (unpaired) electrons. The quantitative estimate of drug-likeness (QED) is 0.736. The average Bonchev–Trinajstić information content (AvgIpc) is 2.39. The predicted octanol–water partition coefficient (Wildman–Crippen LogP) is 2.06. The van der Waals surface area contributed by atoms with Crippen molar-refractivity contribution in [2.45, 2.75) is 64.0 Å². The molecule has 2 unspecified atom stereocenters. The van der Waals surface area contributed by atoms with Crippen LogP contribution < -0.4 is 5.73 Å². The van der Waals surface area contributed by atoms with Crippen molar-refractivity contribution in [3.8, 4) is 0 Å². The molecule has 0 spiro atoms. The molecule has 0 aromatic heterocycles. The van der Waals surface area contributed by atoms with E-state index in [-0.39, 0.29) is 0 Å². The molecule has 0 aromatic carbocycles. The van der Waals surface area contributed by atoms with Crippen LogP contribution in [0.1, 0.15) is 51.9 Å². The summed E-state index contributed by atoms with van der Waals surface area (Å²) in [4.78, 5) is 5.47. The number of hydrogen-bond donors (Lipinski definition) is 1. The summed E-state index contributed by atoms with van der Waals surface area (Å²) >= 11 is 0. The van der Waals surface area contributed by atoms with Crippen LogP contribution in [0.2, 0.25) is 0 Å². The summed E-state index contributed by atoms with van der Waals surface area (Å²) in [6, 6.07) is 1.62. The van der Waals surface area contributed by atoms with Gasteiger partial charge in [-0.2, -0.15) is 0 Å². The number of hydrogen-bond acceptors (Lipinski definition) is 3. The maximum Gasteiger partial charge on any atom is 0.0223 e. The molecular formula is C15H31N3. The summed E-state index contributed by atoms with van der Waals surface area (Å²) < 4.78 is 0. The van der Waals surface area contributed by atoms with Gasteiger partial charge in [0.2, 0.25) is 0 Å². The van der Waals surface area contributed by atoms with Gasteiger partial charge in [-0.1, -0.05) is 19.3 Å². The normalized spacial score (nSPS) is 30.3. The summed E-state index contributed by atoms with van der Waals surface area (Å²) in [7, 11) is 0. The van der Waals surface area contributed by atoms with Crippen LogP contribution >= 0.6 is 0 Å². The molecule has 0 bridgehead atoms. The van der Waals surface area contributed by atoms with Crippen LogP contribution in [-0.2, 0) is 0 Å². The zero-order chi connectivity index (χ0) is 12.8. The number of piperidine rings is 1. The molecule has 2 saturated heterocycles. The van der Waals surface area contributed by atoms with Crippen molar-refractivity contribution in [1.29, 1.82) is 0 Å². The van der Waals surface area contributed by atoms with Gasteiger partial charge in [0.1, 0.15) is 0 Å². The SMILES string of the molecule is CC1CN2CCCCC2CN1CCCCCCN. The Bertz CT molecular complexity index is 232. The molecule has 2 rings (SSSR count). The zero-order valence-electron chi connectivity index (χ0n) is 12.1. The number of nitrogens with two attached hydrogens (primary N) is 1. The Morgan fingerprint density at radius 2 is 1.89 bits per heavy atom. The molecule has 3 nitrogen and oxygen atoms in total. The second-order valence-corrected chi connectivity index (χ2v) is 6.19. The second-order valence-electron chi connectivity index (χ2n) is 6.19. The molecule has 106 valence electrons. The monoisotopic (exact) mass is 253 g/mol. The van der Waals surface area contributed by atoms with Crippen molar-refractivity contribution < 1.29 is 0 Å². The molecule has 2 fully saturated rings. The third-order valence-electron chi connectivity index (χ3n) is 4.72. The largest absolute Gasteiger partial charge is 0.330 e. The maximum atomic E-state index is 5.53. The molecule has 2 aliphatic heterocycles. The molecule has 0 aromatic rings. The summed E-state index contributed by atoms with van der Waals surface area (Å²) in [6.07, 6.45) is 9.52. The lowest BCUT2D eigenvalue weighted by atomic mass is 9.97. The molecule has 2 atom stereocenters. The minimum atomic E-state index is 0.758. The number of fused-ring (bicyclic) bond motifs is 1. The third kappa shape index (κ3) is 3.94. The molecule has 3 heteroatoms. The van der Waals surface area contributed by atoms with E-state index in [1.165, 1.54) is 71.1 Å². The van der Waals surface area contributed by atoms with Crippen LogP contribution in [0.3, 0.4) is 0 Å². The van der Waals surface area contributed by atoms with Gasteiger partial charge >= 0.3 is 0 Å². The third-order valence-corrected chi connectivity index (χ3v) is 4.72. The molecule has 2 heterocycles. The second kappa shape index (κ2) is 7.46. The van der Waals surface area contributed by atoms with E-state index in [0.717, 1.165) is 18.6 Å². The van der Waals surface area contributed by atoms with Crippen molar-refractivity contribution >= 4 is 0 Å². The highest BCUT2D eigenvalue weighted by Crippen LogP contribution is 2.24. The Labute approximate surface area is 113 Å². The van der Waals surface area contributed by atoms with E-state index in [1.54, 1.807) is 0 Å². The van der Waals surface area contributed by atoms with E-state index in [2.05, 4.69) is 16.7 Å². The van der Waals surface area contributed by atoms with Gasteiger partial charge in [-0.05, 0) is 52.2 Å². The summed E-state index contributed by atoms with van der Waals surface area (Å²) in [5.74, 6) is 0. The standard InChI is InChI=1S/C15H31N3/c1-14-12-18-11-7-4-8-15(18)13-17(14)10-6-3-2-5-9-16/h14-15H,2-13,16H2,1H3. The highest BCUT2D eigenvalue weighted by molar-refractivity contribution is 4.88. The Balaban J connectivity index is 1.68. The van der Waals surface area contributed by atoms with Gasteiger partial charge < -0.3 is 5.73 Å². The maximum absolute atomic E-state index is 5.53. The fraction of sp³-hybridized carbons (Fsp3) is 1.00. The van der Waals surface area contributed by atoms with Gasteiger partial charge in [-0.25, -0.2) is 0 Å². The molecule has 0 aliphatic carbocycles. The fourth-order valence-electron chi connectivity index (χ4n) is 3.54. The fourth-order valence-corrected chi connectivity index (χ4v) is 3.54. The smallest absolute Gasteiger partial charge is 0.0223 e. The van der Waals surface area contributed by atoms with Crippen LogP contribution in [0.15, 0.2) is 0 Å². The first kappa shape index (κ1) is 14.3. The Kier molecular flexibility index (Phi) is 5.93. The Morgan fingerprint density at radius 3 is 2.72 bits per heavy atom. The molecular weight excluding hydrogens is 222 g/mol. The van der Waals surface area contributed by atoms with Gasteiger partial charge in [0.25, 0.3) is 0 Å². The van der Waals surface area contributed by atoms with E-state index in [4.69, 9.17) is 5.73 Å². The lowest BCUT2D eigenvalue weighted by molar-refractivity contribution is 0.0146. The van der Waals surface area contributed by atoms with Crippen molar-refractivity contribution in [2.75, 3.05) is 32.7 Å². The van der Waals surface area contributed by atoms with Crippen LogP contribution in [0.5, 0.6) is 0 Å². The Hall–Kier alpha value is -0.120. The topological polar surface area (TPSA) is 32.5 Å². The highest BCUT2D eigenvalue weighted by Gasteiger charge is 2.32. The minimum Gasteiger partial charge on any atom is -0.330 e. The number of piperazine rings is 1. The summed E-state index contributed by atoms with van der Waals surface area (Å²) in [6.45, 7) is 8.53. The first-order chi connectivity index (χ1) is 8.81. The molecule has 2 aliphatic rings. The van der Waals surface area contributed by atoms with E-state index in [9.17, 15) is 0 Å². The average molecular weight is 253 g/mol. The molecule has 18 heavy (non-hydrogen) atoms. The van der Waals surface area contributed by atoms with Crippen molar-refractivity contribution in [2.24, 2.45) is 5.73 Å². The van der Waals surface area contributed by atoms with Crippen molar-refractivity contribution in [3.63, 3.8) is 0 Å². The zero-order valence-corrected chi connectivity index (χ0v) is 12.1.